The maximum Gasteiger partial charge on any atom is 0.272 e. The second-order valence-electron chi connectivity index (χ2n) is 11.4. The summed E-state index contributed by atoms with van der Waals surface area (Å²) in [6, 6.07) is 37.8. The van der Waals surface area contributed by atoms with Gasteiger partial charge < -0.3 is 25.4 Å². The summed E-state index contributed by atoms with van der Waals surface area (Å²) in [5.41, 5.74) is 3.84. The number of para-hydroxylation sites is 1. The fourth-order valence-corrected chi connectivity index (χ4v) is 7.10. The third-order valence-corrected chi connectivity index (χ3v) is 10.1. The van der Waals surface area contributed by atoms with Gasteiger partial charge >= 0.3 is 0 Å². The van der Waals surface area contributed by atoms with Crippen LogP contribution >= 0.6 is 34.7 Å². The molecule has 3 N–H and O–H groups in total. The minimum absolute atomic E-state index is 0.00826. The normalized spacial score (nSPS) is 11.6. The van der Waals surface area contributed by atoms with Gasteiger partial charge in [-0.15, -0.1) is 23.1 Å². The number of amides is 3. The predicted octanol–water partition coefficient (Wildman–Crippen LogP) is 9.36. The Kier molecular flexibility index (Phi) is 12.2. The van der Waals surface area contributed by atoms with Crippen LogP contribution in [-0.2, 0) is 9.59 Å². The first-order valence-electron chi connectivity index (χ1n) is 16.3. The van der Waals surface area contributed by atoms with E-state index < -0.39 is 17.1 Å². The molecule has 1 aromatic heterocycles. The molecule has 0 bridgehead atoms. The summed E-state index contributed by atoms with van der Waals surface area (Å²) in [6.45, 7) is 0. The van der Waals surface area contributed by atoms with Gasteiger partial charge in [0.1, 0.15) is 10.9 Å². The highest BCUT2D eigenvalue weighted by Crippen LogP contribution is 2.38. The molecule has 1 heterocycles. The van der Waals surface area contributed by atoms with Crippen molar-refractivity contribution in [3.63, 3.8) is 0 Å². The van der Waals surface area contributed by atoms with Gasteiger partial charge in [-0.05, 0) is 66.2 Å². The molecule has 266 valence electrons. The summed E-state index contributed by atoms with van der Waals surface area (Å²) in [7, 11) is 3.02. The number of rotatable bonds is 13. The summed E-state index contributed by atoms with van der Waals surface area (Å²) >= 11 is 8.75. The largest absolute Gasteiger partial charge is 0.493 e. The van der Waals surface area contributed by atoms with Crippen molar-refractivity contribution in [3.05, 3.63) is 160 Å². The van der Waals surface area contributed by atoms with E-state index in [-0.39, 0.29) is 11.6 Å². The second-order valence-corrected chi connectivity index (χ2v) is 13.9. The average Bonchev–Trinajstić information content (AvgIpc) is 3.66. The monoisotopic (exact) mass is 760 g/mol. The molecule has 0 saturated heterocycles. The number of benzene rings is 5. The molecule has 6 aromatic rings. The first-order valence-corrected chi connectivity index (χ1v) is 18.4. The molecule has 0 radical (unpaired) electrons. The Hall–Kier alpha value is -5.88. The van der Waals surface area contributed by atoms with E-state index in [4.69, 9.17) is 21.1 Å². The third kappa shape index (κ3) is 9.52. The van der Waals surface area contributed by atoms with Crippen LogP contribution in [0.2, 0.25) is 5.02 Å². The van der Waals surface area contributed by atoms with Crippen molar-refractivity contribution in [2.24, 2.45) is 0 Å². The van der Waals surface area contributed by atoms with Crippen LogP contribution < -0.4 is 25.4 Å². The zero-order valence-corrected chi connectivity index (χ0v) is 30.9. The Morgan fingerprint density at radius 1 is 0.792 bits per heavy atom. The molecule has 0 fully saturated rings. The minimum Gasteiger partial charge on any atom is -0.493 e. The number of hydrogen-bond acceptors (Lipinski definition) is 8. The van der Waals surface area contributed by atoms with E-state index in [9.17, 15) is 14.4 Å². The molecule has 3 amide bonds. The molecule has 53 heavy (non-hydrogen) atoms. The Bertz CT molecular complexity index is 2230. The number of anilines is 2. The number of aromatic nitrogens is 1. The predicted molar refractivity (Wildman–Crippen MR) is 213 cm³/mol. The van der Waals surface area contributed by atoms with Crippen molar-refractivity contribution in [3.8, 4) is 22.8 Å². The second kappa shape index (κ2) is 17.6. The van der Waals surface area contributed by atoms with E-state index in [1.54, 1.807) is 72.8 Å². The molecule has 1 unspecified atom stereocenters. The van der Waals surface area contributed by atoms with E-state index in [0.717, 1.165) is 21.7 Å². The molecule has 0 saturated carbocycles. The summed E-state index contributed by atoms with van der Waals surface area (Å²) in [5, 5.41) is 11.0. The first kappa shape index (κ1) is 36.9. The lowest BCUT2D eigenvalue weighted by Crippen LogP contribution is -2.30. The topological polar surface area (TPSA) is 119 Å². The van der Waals surface area contributed by atoms with Gasteiger partial charge in [-0.3, -0.25) is 14.4 Å². The van der Waals surface area contributed by atoms with Crippen molar-refractivity contribution in [2.45, 2.75) is 10.1 Å². The van der Waals surface area contributed by atoms with Crippen molar-refractivity contribution in [1.29, 1.82) is 0 Å². The number of nitrogens with one attached hydrogen (secondary N) is 3. The number of methoxy groups -OCH3 is 2. The van der Waals surface area contributed by atoms with Crippen LogP contribution in [-0.4, -0.2) is 36.9 Å². The zero-order valence-electron chi connectivity index (χ0n) is 28.5. The van der Waals surface area contributed by atoms with Gasteiger partial charge in [-0.25, -0.2) is 4.98 Å². The van der Waals surface area contributed by atoms with Gasteiger partial charge in [-0.1, -0.05) is 84.4 Å². The first-order chi connectivity index (χ1) is 25.8. The number of halogens is 1. The molecule has 6 rings (SSSR count). The van der Waals surface area contributed by atoms with Gasteiger partial charge in [0.15, 0.2) is 16.6 Å². The third-order valence-electron chi connectivity index (χ3n) is 7.84. The number of carbonyl (C=O) groups is 3. The van der Waals surface area contributed by atoms with Crippen LogP contribution in [0.3, 0.4) is 0 Å². The minimum atomic E-state index is -0.597. The lowest BCUT2D eigenvalue weighted by Gasteiger charge is -2.17. The van der Waals surface area contributed by atoms with Gasteiger partial charge in [-0.2, -0.15) is 0 Å². The molecule has 12 heteroatoms. The van der Waals surface area contributed by atoms with Gasteiger partial charge in [0.25, 0.3) is 11.8 Å². The quantitative estimate of drug-likeness (QED) is 0.0793. The zero-order chi connectivity index (χ0) is 37.2. The lowest BCUT2D eigenvalue weighted by molar-refractivity contribution is -0.116. The van der Waals surface area contributed by atoms with Crippen LogP contribution in [0, 0.1) is 0 Å². The smallest absolute Gasteiger partial charge is 0.272 e. The maximum atomic E-state index is 13.7. The van der Waals surface area contributed by atoms with E-state index in [2.05, 4.69) is 20.9 Å². The van der Waals surface area contributed by atoms with Gasteiger partial charge in [0, 0.05) is 37.7 Å². The summed E-state index contributed by atoms with van der Waals surface area (Å²) in [5.74, 6) is -0.357. The highest BCUT2D eigenvalue weighted by atomic mass is 35.5. The van der Waals surface area contributed by atoms with E-state index in [1.807, 2.05) is 60.0 Å². The SMILES string of the molecule is COc1cccc(/C=C(\NC(=O)c2ccccc2)C(=O)Nc2ccc(SC(C(=O)Nc3nc(-c4ccc(Cl)cc4)cs3)c3ccccc3)cc2)c1OC. The number of nitrogens with zero attached hydrogens (tertiary/aromatic N) is 1. The number of ether oxygens (including phenoxy) is 2. The molecular formula is C41H33ClN4O5S2. The van der Waals surface area contributed by atoms with Crippen molar-refractivity contribution < 1.29 is 23.9 Å². The van der Waals surface area contributed by atoms with E-state index in [1.165, 1.54) is 43.4 Å². The van der Waals surface area contributed by atoms with Gasteiger partial charge in [0.2, 0.25) is 5.91 Å². The van der Waals surface area contributed by atoms with Crippen LogP contribution in [0.1, 0.15) is 26.7 Å². The lowest BCUT2D eigenvalue weighted by atomic mass is 10.1. The van der Waals surface area contributed by atoms with Crippen molar-refractivity contribution in [2.75, 3.05) is 24.9 Å². The summed E-state index contributed by atoms with van der Waals surface area (Å²) in [4.78, 5) is 46.0. The van der Waals surface area contributed by atoms with Gasteiger partial charge in [0.05, 0.1) is 19.9 Å². The van der Waals surface area contributed by atoms with Crippen LogP contribution in [0.4, 0.5) is 10.8 Å². The standard InChI is InChI=1S/C41H33ClN4O5S2/c1-50-35-15-9-14-29(36(35)51-2)24-33(44-38(47)28-12-7-4-8-13-28)39(48)43-31-20-22-32(23-21-31)53-37(27-10-5-3-6-11-27)40(49)46-41-45-34(25-52-41)26-16-18-30(42)19-17-26/h3-25,37H,1-2H3,(H,43,48)(H,44,47)(H,45,46,49)/b33-24-. The molecule has 5 aromatic carbocycles. The highest BCUT2D eigenvalue weighted by Gasteiger charge is 2.24. The molecule has 0 aliphatic rings. The fourth-order valence-electron chi connectivity index (χ4n) is 5.23. The number of carbonyl (C=O) groups excluding carboxylic acids is 3. The van der Waals surface area contributed by atoms with Crippen molar-refractivity contribution >= 4 is 69.3 Å². The number of hydrogen-bond donors (Lipinski definition) is 3. The Balaban J connectivity index is 1.19. The van der Waals surface area contributed by atoms with Crippen LogP contribution in [0.5, 0.6) is 11.5 Å². The van der Waals surface area contributed by atoms with Crippen LogP contribution in [0.15, 0.2) is 143 Å². The molecule has 0 aliphatic heterocycles. The Morgan fingerprint density at radius 2 is 1.49 bits per heavy atom. The molecule has 1 atom stereocenters. The highest BCUT2D eigenvalue weighted by molar-refractivity contribution is 8.00. The molecule has 0 aliphatic carbocycles. The van der Waals surface area contributed by atoms with Crippen LogP contribution in [0.25, 0.3) is 17.3 Å². The molecule has 0 spiro atoms. The summed E-state index contributed by atoms with van der Waals surface area (Å²) in [6.07, 6.45) is 1.53. The van der Waals surface area contributed by atoms with E-state index in [0.29, 0.717) is 38.5 Å². The number of thioether (sulfide) groups is 1. The molecule has 9 nitrogen and oxygen atoms in total. The fraction of sp³-hybridized carbons (Fsp3) is 0.0732. The Labute approximate surface area is 320 Å². The summed E-state index contributed by atoms with van der Waals surface area (Å²) < 4.78 is 11.0. The molecular weight excluding hydrogens is 728 g/mol. The average molecular weight is 761 g/mol. The number of thiazole rings is 1. The maximum absolute atomic E-state index is 13.7. The Morgan fingerprint density at radius 3 is 2.17 bits per heavy atom. The van der Waals surface area contributed by atoms with E-state index >= 15 is 0 Å². The van der Waals surface area contributed by atoms with Crippen molar-refractivity contribution in [1.82, 2.24) is 10.3 Å².